The Hall–Kier alpha value is -2.59. The van der Waals surface area contributed by atoms with Crippen molar-refractivity contribution in [2.75, 3.05) is 0 Å². The number of halogens is 1. The minimum Gasteiger partial charge on any atom is -0.478 e. The van der Waals surface area contributed by atoms with Crippen molar-refractivity contribution in [3.63, 3.8) is 0 Å². The quantitative estimate of drug-likeness (QED) is 0.755. The van der Waals surface area contributed by atoms with Gasteiger partial charge in [0.05, 0.1) is 5.56 Å². The number of benzene rings is 2. The molecule has 110 valence electrons. The molecular formula is C17H12ClNO3. The number of hydrogen-bond acceptors (Lipinski definition) is 2. The monoisotopic (exact) mass is 313 g/mol. The van der Waals surface area contributed by atoms with E-state index in [0.717, 1.165) is 27.6 Å². The van der Waals surface area contributed by atoms with E-state index >= 15 is 0 Å². The number of carboxylic acid groups (broad SMARTS) is 1. The zero-order valence-corrected chi connectivity index (χ0v) is 12.4. The van der Waals surface area contributed by atoms with E-state index in [4.69, 9.17) is 16.7 Å². The van der Waals surface area contributed by atoms with Crippen LogP contribution in [0.1, 0.15) is 15.9 Å². The molecule has 0 saturated carbocycles. The third kappa shape index (κ3) is 2.49. The Bertz CT molecular complexity index is 960. The lowest BCUT2D eigenvalue weighted by Gasteiger charge is -2.08. The molecule has 0 saturated heterocycles. The molecule has 0 atom stereocenters. The van der Waals surface area contributed by atoms with Gasteiger partial charge in [0, 0.05) is 27.6 Å². The van der Waals surface area contributed by atoms with Gasteiger partial charge in [-0.2, -0.15) is 0 Å². The van der Waals surface area contributed by atoms with Crippen LogP contribution in [-0.2, 0) is 0 Å². The summed E-state index contributed by atoms with van der Waals surface area (Å²) in [7, 11) is 0. The fraction of sp³-hybridized carbons (Fsp3) is 0.0588. The Morgan fingerprint density at radius 3 is 2.59 bits per heavy atom. The molecule has 1 aromatic heterocycles. The lowest BCUT2D eigenvalue weighted by molar-refractivity contribution is 0.0697. The van der Waals surface area contributed by atoms with Gasteiger partial charge in [-0.25, -0.2) is 4.79 Å². The predicted octanol–water partition coefficient (Wildman–Crippen LogP) is 3.86. The number of H-pyrrole nitrogens is 1. The van der Waals surface area contributed by atoms with Gasteiger partial charge in [0.15, 0.2) is 0 Å². The van der Waals surface area contributed by atoms with Gasteiger partial charge < -0.3 is 10.1 Å². The van der Waals surface area contributed by atoms with Crippen molar-refractivity contribution in [3.05, 3.63) is 69.0 Å². The first-order valence-corrected chi connectivity index (χ1v) is 7.00. The molecule has 0 unspecified atom stereocenters. The standard InChI is InChI=1S/C17H12ClNO3/c1-9-6-16(20)19-15-8-10(2-4-12(9)15)13-5-3-11(17(21)22)7-14(13)18/h2-8H,1H3,(H,19,20)(H,21,22). The molecule has 0 radical (unpaired) electrons. The maximum Gasteiger partial charge on any atom is 0.335 e. The zero-order chi connectivity index (χ0) is 15.9. The van der Waals surface area contributed by atoms with Crippen LogP contribution in [0, 0.1) is 6.92 Å². The number of fused-ring (bicyclic) bond motifs is 1. The van der Waals surface area contributed by atoms with Crippen LogP contribution in [0.4, 0.5) is 0 Å². The molecule has 0 aliphatic heterocycles. The number of nitrogens with one attached hydrogen (secondary N) is 1. The lowest BCUT2D eigenvalue weighted by Crippen LogP contribution is -2.04. The molecule has 4 nitrogen and oxygen atoms in total. The maximum absolute atomic E-state index is 11.6. The van der Waals surface area contributed by atoms with Crippen LogP contribution in [0.2, 0.25) is 5.02 Å². The fourth-order valence-electron chi connectivity index (χ4n) is 2.48. The third-order valence-corrected chi connectivity index (χ3v) is 3.89. The van der Waals surface area contributed by atoms with E-state index in [-0.39, 0.29) is 11.1 Å². The second-order valence-corrected chi connectivity index (χ2v) is 5.48. The molecule has 5 heteroatoms. The largest absolute Gasteiger partial charge is 0.478 e. The van der Waals surface area contributed by atoms with E-state index in [0.29, 0.717) is 5.02 Å². The van der Waals surface area contributed by atoms with Crippen LogP contribution in [0.3, 0.4) is 0 Å². The van der Waals surface area contributed by atoms with Gasteiger partial charge in [-0.3, -0.25) is 4.79 Å². The average Bonchev–Trinajstić information content (AvgIpc) is 2.46. The highest BCUT2D eigenvalue weighted by molar-refractivity contribution is 6.33. The van der Waals surface area contributed by atoms with Gasteiger partial charge in [0.1, 0.15) is 0 Å². The summed E-state index contributed by atoms with van der Waals surface area (Å²) < 4.78 is 0. The number of carboxylic acids is 1. The number of carbonyl (C=O) groups is 1. The van der Waals surface area contributed by atoms with Gasteiger partial charge >= 0.3 is 5.97 Å². The Kier molecular flexibility index (Phi) is 3.47. The molecule has 1 heterocycles. The Morgan fingerprint density at radius 2 is 1.91 bits per heavy atom. The summed E-state index contributed by atoms with van der Waals surface area (Å²) in [6, 6.07) is 11.8. The Labute approximate surface area is 131 Å². The molecular weight excluding hydrogens is 302 g/mol. The summed E-state index contributed by atoms with van der Waals surface area (Å²) in [6.45, 7) is 1.88. The summed E-state index contributed by atoms with van der Waals surface area (Å²) in [4.78, 5) is 25.3. The fourth-order valence-corrected chi connectivity index (χ4v) is 2.77. The smallest absolute Gasteiger partial charge is 0.335 e. The van der Waals surface area contributed by atoms with Crippen LogP contribution >= 0.6 is 11.6 Å². The van der Waals surface area contributed by atoms with Gasteiger partial charge in [-0.15, -0.1) is 0 Å². The molecule has 2 N–H and O–H groups in total. The van der Waals surface area contributed by atoms with E-state index in [2.05, 4.69) is 4.98 Å². The normalized spacial score (nSPS) is 10.8. The molecule has 0 amide bonds. The minimum atomic E-state index is -1.02. The second kappa shape index (κ2) is 5.31. The summed E-state index contributed by atoms with van der Waals surface area (Å²) in [5, 5.41) is 10.3. The third-order valence-electron chi connectivity index (χ3n) is 3.58. The highest BCUT2D eigenvalue weighted by Crippen LogP contribution is 2.31. The second-order valence-electron chi connectivity index (χ2n) is 5.08. The minimum absolute atomic E-state index is 0.138. The molecule has 0 spiro atoms. The van der Waals surface area contributed by atoms with E-state index in [9.17, 15) is 9.59 Å². The molecule has 0 aliphatic carbocycles. The van der Waals surface area contributed by atoms with Crippen LogP contribution in [0.25, 0.3) is 22.0 Å². The number of aromatic amines is 1. The van der Waals surface area contributed by atoms with E-state index in [1.807, 2.05) is 25.1 Å². The molecule has 3 aromatic rings. The lowest BCUT2D eigenvalue weighted by atomic mass is 10.0. The van der Waals surface area contributed by atoms with Gasteiger partial charge in [-0.1, -0.05) is 29.8 Å². The first kappa shape index (κ1) is 14.4. The SMILES string of the molecule is Cc1cc(=O)[nH]c2cc(-c3ccc(C(=O)O)cc3Cl)ccc12. The number of aromatic nitrogens is 1. The molecule has 22 heavy (non-hydrogen) atoms. The first-order valence-electron chi connectivity index (χ1n) is 6.62. The topological polar surface area (TPSA) is 70.2 Å². The van der Waals surface area contributed by atoms with Crippen molar-refractivity contribution in [3.8, 4) is 11.1 Å². The highest BCUT2D eigenvalue weighted by Gasteiger charge is 2.10. The highest BCUT2D eigenvalue weighted by atomic mass is 35.5. The van der Waals surface area contributed by atoms with Gasteiger partial charge in [-0.05, 0) is 36.2 Å². The summed E-state index contributed by atoms with van der Waals surface area (Å²) in [6.07, 6.45) is 0. The summed E-state index contributed by atoms with van der Waals surface area (Å²) in [5.74, 6) is -1.02. The van der Waals surface area contributed by atoms with E-state index in [1.165, 1.54) is 12.1 Å². The summed E-state index contributed by atoms with van der Waals surface area (Å²) >= 11 is 6.19. The number of rotatable bonds is 2. The van der Waals surface area contributed by atoms with E-state index in [1.54, 1.807) is 12.1 Å². The van der Waals surface area contributed by atoms with Crippen molar-refractivity contribution in [2.45, 2.75) is 6.92 Å². The number of aromatic carboxylic acids is 1. The zero-order valence-electron chi connectivity index (χ0n) is 11.7. The molecule has 3 rings (SSSR count). The van der Waals surface area contributed by atoms with Crippen molar-refractivity contribution in [2.24, 2.45) is 0 Å². The number of aryl methyl sites for hydroxylation is 1. The summed E-state index contributed by atoms with van der Waals surface area (Å²) in [5.41, 5.74) is 3.14. The van der Waals surface area contributed by atoms with Crippen molar-refractivity contribution in [1.82, 2.24) is 4.98 Å². The van der Waals surface area contributed by atoms with Crippen molar-refractivity contribution >= 4 is 28.5 Å². The van der Waals surface area contributed by atoms with Gasteiger partial charge in [0.25, 0.3) is 0 Å². The Balaban J connectivity index is 2.18. The average molecular weight is 314 g/mol. The molecule has 0 bridgehead atoms. The molecule has 0 aliphatic rings. The van der Waals surface area contributed by atoms with Crippen molar-refractivity contribution < 1.29 is 9.90 Å². The maximum atomic E-state index is 11.6. The number of pyridine rings is 1. The molecule has 0 fully saturated rings. The Morgan fingerprint density at radius 1 is 1.14 bits per heavy atom. The van der Waals surface area contributed by atoms with Gasteiger partial charge in [0.2, 0.25) is 5.56 Å². The first-order chi connectivity index (χ1) is 10.5. The number of hydrogen-bond donors (Lipinski definition) is 2. The predicted molar refractivity (Wildman–Crippen MR) is 86.7 cm³/mol. The molecule has 2 aromatic carbocycles. The van der Waals surface area contributed by atoms with Crippen LogP contribution in [0.5, 0.6) is 0 Å². The van der Waals surface area contributed by atoms with Crippen LogP contribution in [0.15, 0.2) is 47.3 Å². The van der Waals surface area contributed by atoms with E-state index < -0.39 is 5.97 Å². The van der Waals surface area contributed by atoms with Crippen LogP contribution in [-0.4, -0.2) is 16.1 Å². The van der Waals surface area contributed by atoms with Crippen molar-refractivity contribution in [1.29, 1.82) is 0 Å². The van der Waals surface area contributed by atoms with Crippen LogP contribution < -0.4 is 5.56 Å².